The molecule has 2 N–H and O–H groups in total. The van der Waals surface area contributed by atoms with Crippen molar-refractivity contribution in [1.29, 1.82) is 0 Å². The number of aliphatic hydroxyl groups is 1. The first kappa shape index (κ1) is 32.7. The number of rotatable bonds is 10. The fraction of sp³-hybridized carbons (Fsp3) is 0.654. The fourth-order valence-electron chi connectivity index (χ4n) is 4.90. The molecule has 0 unspecified atom stereocenters. The molecule has 0 spiro atoms. The maximum atomic E-state index is 13.4. The summed E-state index contributed by atoms with van der Waals surface area (Å²) in [7, 11) is -3.24. The predicted octanol–water partition coefficient (Wildman–Crippen LogP) is 4.45. The number of nitrogens with one attached hydrogen (secondary N) is 1. The molecule has 230 valence electrons. The SMILES string of the molecule is CCn1nc(C(=O)NC[C@]2(O)CC[C@@H](S(C)(=O)=O)CC2)c(C)c1-c1cnc(CC(C)(C)C(F)(F)F)cc1OC(F)F. The van der Waals surface area contributed by atoms with Crippen molar-refractivity contribution in [3.63, 3.8) is 0 Å². The van der Waals surface area contributed by atoms with E-state index < -0.39 is 57.0 Å². The third-order valence-electron chi connectivity index (χ3n) is 7.53. The van der Waals surface area contributed by atoms with Crippen LogP contribution in [0.2, 0.25) is 0 Å². The van der Waals surface area contributed by atoms with E-state index in [0.29, 0.717) is 0 Å². The molecule has 0 saturated heterocycles. The van der Waals surface area contributed by atoms with E-state index in [0.717, 1.165) is 32.4 Å². The molecule has 1 aliphatic rings. The quantitative estimate of drug-likeness (QED) is 0.381. The molecule has 0 bridgehead atoms. The Labute approximate surface area is 235 Å². The summed E-state index contributed by atoms with van der Waals surface area (Å²) in [4.78, 5) is 17.2. The number of alkyl halides is 5. The minimum atomic E-state index is -4.56. The summed E-state index contributed by atoms with van der Waals surface area (Å²) in [6.45, 7) is 1.96. The molecule has 15 heteroatoms. The molecule has 0 aliphatic heterocycles. The zero-order valence-electron chi connectivity index (χ0n) is 23.5. The van der Waals surface area contributed by atoms with Gasteiger partial charge in [0.2, 0.25) is 0 Å². The van der Waals surface area contributed by atoms with E-state index >= 15 is 0 Å². The predicted molar refractivity (Wildman–Crippen MR) is 140 cm³/mol. The van der Waals surface area contributed by atoms with Gasteiger partial charge in [-0.25, -0.2) is 8.42 Å². The molecule has 0 radical (unpaired) electrons. The number of pyridine rings is 1. The number of sulfone groups is 1. The molecule has 1 amide bonds. The van der Waals surface area contributed by atoms with Crippen molar-refractivity contribution in [3.8, 4) is 17.0 Å². The summed E-state index contributed by atoms with van der Waals surface area (Å²) < 4.78 is 96.5. The first-order valence-corrected chi connectivity index (χ1v) is 15.0. The number of hydrogen-bond acceptors (Lipinski definition) is 7. The lowest BCUT2D eigenvalue weighted by molar-refractivity contribution is -0.211. The van der Waals surface area contributed by atoms with Crippen LogP contribution in [-0.4, -0.2) is 70.6 Å². The van der Waals surface area contributed by atoms with Gasteiger partial charge in [0.25, 0.3) is 5.91 Å². The number of carbonyl (C=O) groups is 1. The Balaban J connectivity index is 1.89. The van der Waals surface area contributed by atoms with Gasteiger partial charge >= 0.3 is 12.8 Å². The zero-order chi connectivity index (χ0) is 31.0. The molecular formula is C26H35F5N4O5S. The number of hydrogen-bond donors (Lipinski definition) is 2. The maximum Gasteiger partial charge on any atom is 0.394 e. The fourth-order valence-corrected chi connectivity index (χ4v) is 5.99. The van der Waals surface area contributed by atoms with Gasteiger partial charge in [0.1, 0.15) is 15.6 Å². The summed E-state index contributed by atoms with van der Waals surface area (Å²) in [6.07, 6.45) is -1.99. The van der Waals surface area contributed by atoms with E-state index in [4.69, 9.17) is 0 Å². The molecule has 2 aromatic heterocycles. The summed E-state index contributed by atoms with van der Waals surface area (Å²) >= 11 is 0. The summed E-state index contributed by atoms with van der Waals surface area (Å²) in [5.74, 6) is -1.06. The molecule has 0 aromatic carbocycles. The van der Waals surface area contributed by atoms with Crippen molar-refractivity contribution >= 4 is 15.7 Å². The average molecular weight is 611 g/mol. The largest absolute Gasteiger partial charge is 0.434 e. The van der Waals surface area contributed by atoms with Crippen LogP contribution in [0.3, 0.4) is 0 Å². The third kappa shape index (κ3) is 7.53. The molecule has 2 heterocycles. The van der Waals surface area contributed by atoms with Crippen molar-refractivity contribution in [1.82, 2.24) is 20.1 Å². The van der Waals surface area contributed by atoms with Gasteiger partial charge in [-0.15, -0.1) is 0 Å². The highest BCUT2D eigenvalue weighted by Crippen LogP contribution is 2.41. The molecule has 9 nitrogen and oxygen atoms in total. The highest BCUT2D eigenvalue weighted by Gasteiger charge is 2.47. The topological polar surface area (TPSA) is 123 Å². The standard InChI is InChI=1S/C26H35F5N4O5S/c1-6-35-21(18-13-32-16(11-19(18)40-23(27)28)12-24(3,4)26(29,30)31)15(2)20(34-35)22(36)33-14-25(37)9-7-17(8-10-25)41(5,38)39/h11,13,17,23,37H,6-10,12,14H2,1-5H3,(H,33,36)/t17-,25+. The molecule has 0 atom stereocenters. The van der Waals surface area contributed by atoms with E-state index in [-0.39, 0.29) is 67.0 Å². The smallest absolute Gasteiger partial charge is 0.394 e. The van der Waals surface area contributed by atoms with E-state index in [2.05, 4.69) is 20.1 Å². The normalized spacial score (nSPS) is 20.3. The van der Waals surface area contributed by atoms with Crippen LogP contribution in [0.1, 0.15) is 68.2 Å². The lowest BCUT2D eigenvalue weighted by Gasteiger charge is -2.35. The molecule has 1 fully saturated rings. The first-order chi connectivity index (χ1) is 18.8. The van der Waals surface area contributed by atoms with Crippen LogP contribution in [0.5, 0.6) is 5.75 Å². The van der Waals surface area contributed by atoms with Crippen LogP contribution >= 0.6 is 0 Å². The Morgan fingerprint density at radius 3 is 2.39 bits per heavy atom. The Morgan fingerprint density at radius 1 is 1.27 bits per heavy atom. The van der Waals surface area contributed by atoms with E-state index in [9.17, 15) is 40.3 Å². The van der Waals surface area contributed by atoms with Crippen LogP contribution in [0.15, 0.2) is 12.3 Å². The van der Waals surface area contributed by atoms with Crippen LogP contribution in [0, 0.1) is 12.3 Å². The van der Waals surface area contributed by atoms with Crippen molar-refractivity contribution in [3.05, 3.63) is 29.2 Å². The van der Waals surface area contributed by atoms with Gasteiger partial charge < -0.3 is 15.2 Å². The number of halogens is 5. The van der Waals surface area contributed by atoms with Gasteiger partial charge in [-0.05, 0) is 39.5 Å². The van der Waals surface area contributed by atoms with Gasteiger partial charge in [-0.3, -0.25) is 14.5 Å². The Hall–Kier alpha value is -2.81. The lowest BCUT2D eigenvalue weighted by atomic mass is 9.84. The minimum absolute atomic E-state index is 0.0162. The molecule has 3 rings (SSSR count). The molecule has 41 heavy (non-hydrogen) atoms. The third-order valence-corrected chi connectivity index (χ3v) is 9.22. The maximum absolute atomic E-state index is 13.4. The van der Waals surface area contributed by atoms with Gasteiger partial charge in [-0.2, -0.15) is 27.1 Å². The first-order valence-electron chi connectivity index (χ1n) is 13.1. The van der Waals surface area contributed by atoms with Gasteiger partial charge in [0, 0.05) is 49.3 Å². The van der Waals surface area contributed by atoms with E-state index in [1.54, 1.807) is 6.92 Å². The van der Waals surface area contributed by atoms with Crippen LogP contribution in [0.25, 0.3) is 11.3 Å². The number of ether oxygens (including phenoxy) is 1. The van der Waals surface area contributed by atoms with Crippen LogP contribution in [0.4, 0.5) is 22.0 Å². The summed E-state index contributed by atoms with van der Waals surface area (Å²) in [5.41, 5.74) is -3.13. The number of nitrogens with zero attached hydrogens (tertiary/aromatic N) is 3. The van der Waals surface area contributed by atoms with E-state index in [1.807, 2.05) is 0 Å². The van der Waals surface area contributed by atoms with Crippen LogP contribution in [-0.2, 0) is 22.8 Å². The monoisotopic (exact) mass is 610 g/mol. The second-order valence-electron chi connectivity index (χ2n) is 11.2. The summed E-state index contributed by atoms with van der Waals surface area (Å²) in [6, 6.07) is 1.03. The number of aromatic nitrogens is 3. The van der Waals surface area contributed by atoms with Crippen molar-refractivity contribution in [2.45, 2.75) is 90.0 Å². The second-order valence-corrected chi connectivity index (χ2v) is 13.5. The lowest BCUT2D eigenvalue weighted by Crippen LogP contribution is -2.47. The number of aryl methyl sites for hydroxylation is 1. The number of carbonyl (C=O) groups excluding carboxylic acids is 1. The van der Waals surface area contributed by atoms with Crippen molar-refractivity contribution in [2.75, 3.05) is 12.8 Å². The van der Waals surface area contributed by atoms with Gasteiger partial charge in [-0.1, -0.05) is 13.8 Å². The van der Waals surface area contributed by atoms with Crippen LogP contribution < -0.4 is 10.1 Å². The number of amides is 1. The Bertz CT molecular complexity index is 1370. The molecule has 1 aliphatic carbocycles. The second kappa shape index (κ2) is 11.8. The molecule has 2 aromatic rings. The summed E-state index contributed by atoms with van der Waals surface area (Å²) in [5, 5.41) is 17.3. The zero-order valence-corrected chi connectivity index (χ0v) is 24.3. The molecular weight excluding hydrogens is 575 g/mol. The van der Waals surface area contributed by atoms with Gasteiger partial charge in [0.05, 0.1) is 27.5 Å². The van der Waals surface area contributed by atoms with Crippen molar-refractivity contribution < 1.29 is 45.0 Å². The minimum Gasteiger partial charge on any atom is -0.434 e. The van der Waals surface area contributed by atoms with E-state index in [1.165, 1.54) is 11.6 Å². The Kier molecular flexibility index (Phi) is 9.43. The average Bonchev–Trinajstić information content (AvgIpc) is 3.17. The molecule has 1 saturated carbocycles. The Morgan fingerprint density at radius 2 is 1.88 bits per heavy atom. The van der Waals surface area contributed by atoms with Gasteiger partial charge in [0.15, 0.2) is 5.69 Å². The highest BCUT2D eigenvalue weighted by atomic mass is 32.2. The highest BCUT2D eigenvalue weighted by molar-refractivity contribution is 7.91. The van der Waals surface area contributed by atoms with Crippen molar-refractivity contribution in [2.24, 2.45) is 5.41 Å².